The molecule has 3 rings (SSSR count). The first-order valence-corrected chi connectivity index (χ1v) is 8.18. The fourth-order valence-electron chi connectivity index (χ4n) is 3.43. The van der Waals surface area contributed by atoms with Gasteiger partial charge in [0.2, 0.25) is 5.91 Å². The highest BCUT2D eigenvalue weighted by atomic mass is 16.2. The van der Waals surface area contributed by atoms with E-state index in [2.05, 4.69) is 62.2 Å². The third-order valence-electron chi connectivity index (χ3n) is 5.26. The van der Waals surface area contributed by atoms with E-state index < -0.39 is 0 Å². The van der Waals surface area contributed by atoms with Crippen molar-refractivity contribution in [3.8, 4) is 0 Å². The summed E-state index contributed by atoms with van der Waals surface area (Å²) in [5, 5.41) is 3.62. The fraction of sp³-hybridized carbons (Fsp3) is 0.611. The van der Waals surface area contributed by atoms with Crippen LogP contribution in [0.1, 0.15) is 50.9 Å². The molecule has 1 aromatic carbocycles. The smallest absolute Gasteiger partial charge is 0.241 e. The Balaban J connectivity index is 1.94. The van der Waals surface area contributed by atoms with Gasteiger partial charge in [0.15, 0.2) is 0 Å². The molecule has 21 heavy (non-hydrogen) atoms. The molecule has 1 aliphatic carbocycles. The molecule has 3 heteroatoms. The van der Waals surface area contributed by atoms with E-state index in [9.17, 15) is 4.79 Å². The van der Waals surface area contributed by atoms with Gasteiger partial charge >= 0.3 is 0 Å². The highest BCUT2D eigenvalue weighted by molar-refractivity contribution is 5.85. The van der Waals surface area contributed by atoms with Crippen molar-refractivity contribution in [2.45, 2.75) is 58.8 Å². The van der Waals surface area contributed by atoms with Crippen LogP contribution in [0, 0.1) is 18.8 Å². The van der Waals surface area contributed by atoms with Crippen LogP contribution in [0.25, 0.3) is 0 Å². The zero-order chi connectivity index (χ0) is 15.1. The lowest BCUT2D eigenvalue weighted by Crippen LogP contribution is -2.36. The van der Waals surface area contributed by atoms with E-state index in [4.69, 9.17) is 0 Å². The van der Waals surface area contributed by atoms with Gasteiger partial charge in [-0.2, -0.15) is 0 Å². The predicted octanol–water partition coefficient (Wildman–Crippen LogP) is 3.25. The quantitative estimate of drug-likeness (QED) is 0.921. The van der Waals surface area contributed by atoms with E-state index in [0.29, 0.717) is 23.8 Å². The number of aryl methyl sites for hydroxylation is 1. The molecule has 2 aliphatic rings. The summed E-state index contributed by atoms with van der Waals surface area (Å²) in [6.07, 6.45) is 2.22. The number of carbonyl (C=O) groups is 1. The molecule has 2 fully saturated rings. The summed E-state index contributed by atoms with van der Waals surface area (Å²) >= 11 is 0. The normalized spacial score (nSPS) is 33.3. The van der Waals surface area contributed by atoms with Crippen LogP contribution in [0.5, 0.6) is 0 Å². The summed E-state index contributed by atoms with van der Waals surface area (Å²) in [6.45, 7) is 8.70. The molecule has 1 saturated heterocycles. The molecule has 1 aromatic rings. The van der Waals surface area contributed by atoms with Crippen molar-refractivity contribution in [2.24, 2.45) is 11.8 Å². The highest BCUT2D eigenvalue weighted by Gasteiger charge is 2.51. The van der Waals surface area contributed by atoms with Crippen LogP contribution >= 0.6 is 0 Å². The van der Waals surface area contributed by atoms with Crippen molar-refractivity contribution in [3.63, 3.8) is 0 Å². The van der Waals surface area contributed by atoms with E-state index >= 15 is 0 Å². The van der Waals surface area contributed by atoms with Crippen LogP contribution in [0.4, 0.5) is 0 Å². The van der Waals surface area contributed by atoms with Gasteiger partial charge in [0, 0.05) is 6.04 Å². The highest BCUT2D eigenvalue weighted by Crippen LogP contribution is 2.43. The van der Waals surface area contributed by atoms with Crippen molar-refractivity contribution >= 4 is 5.91 Å². The molecular weight excluding hydrogens is 260 g/mol. The predicted molar refractivity (Wildman–Crippen MR) is 84.7 cm³/mol. The fourth-order valence-corrected chi connectivity index (χ4v) is 3.43. The van der Waals surface area contributed by atoms with Gasteiger partial charge in [-0.25, -0.2) is 0 Å². The number of rotatable bonds is 4. The first-order chi connectivity index (χ1) is 10.0. The van der Waals surface area contributed by atoms with E-state index in [-0.39, 0.29) is 12.2 Å². The number of nitrogens with one attached hydrogen (secondary N) is 1. The number of benzene rings is 1. The van der Waals surface area contributed by atoms with Crippen molar-refractivity contribution in [3.05, 3.63) is 35.4 Å². The SMILES string of the molecule is CCC(C)C1NC(c2ccccc2C)N(C2CC2C)C1=O. The second-order valence-electron chi connectivity index (χ2n) is 6.81. The average molecular weight is 286 g/mol. The third-order valence-corrected chi connectivity index (χ3v) is 5.26. The largest absolute Gasteiger partial charge is 0.318 e. The minimum atomic E-state index is -0.0348. The Morgan fingerprint density at radius 1 is 1.38 bits per heavy atom. The first-order valence-electron chi connectivity index (χ1n) is 8.18. The summed E-state index contributed by atoms with van der Waals surface area (Å²) in [5.41, 5.74) is 2.50. The maximum absolute atomic E-state index is 12.9. The monoisotopic (exact) mass is 286 g/mol. The molecular formula is C18H26N2O. The van der Waals surface area contributed by atoms with Gasteiger partial charge in [-0.3, -0.25) is 10.1 Å². The van der Waals surface area contributed by atoms with Gasteiger partial charge in [0.25, 0.3) is 0 Å². The summed E-state index contributed by atoms with van der Waals surface area (Å²) in [5.74, 6) is 1.31. The molecule has 1 amide bonds. The standard InChI is InChI=1S/C18H26N2O/c1-5-11(2)16-18(21)20(15-10-13(15)4)17(19-16)14-9-7-6-8-12(14)3/h6-9,11,13,15-17,19H,5,10H2,1-4H3. The van der Waals surface area contributed by atoms with E-state index in [1.54, 1.807) is 0 Å². The number of hydrogen-bond donors (Lipinski definition) is 1. The van der Waals surface area contributed by atoms with Gasteiger partial charge in [-0.1, -0.05) is 51.5 Å². The summed E-state index contributed by atoms with van der Waals surface area (Å²) in [7, 11) is 0. The molecule has 1 aliphatic heterocycles. The second kappa shape index (κ2) is 5.45. The van der Waals surface area contributed by atoms with E-state index in [1.807, 2.05) is 0 Å². The third kappa shape index (κ3) is 2.48. The molecule has 0 aromatic heterocycles. The number of nitrogens with zero attached hydrogens (tertiary/aromatic N) is 1. The molecule has 114 valence electrons. The number of hydrogen-bond acceptors (Lipinski definition) is 2. The van der Waals surface area contributed by atoms with Gasteiger partial charge in [0.1, 0.15) is 6.17 Å². The maximum Gasteiger partial charge on any atom is 0.241 e. The Labute approximate surface area is 127 Å². The van der Waals surface area contributed by atoms with Crippen LogP contribution in [-0.4, -0.2) is 22.9 Å². The van der Waals surface area contributed by atoms with Crippen LogP contribution in [0.3, 0.4) is 0 Å². The topological polar surface area (TPSA) is 32.3 Å². The minimum absolute atomic E-state index is 0.0348. The molecule has 1 saturated carbocycles. The van der Waals surface area contributed by atoms with E-state index in [1.165, 1.54) is 11.1 Å². The zero-order valence-electron chi connectivity index (χ0n) is 13.5. The summed E-state index contributed by atoms with van der Waals surface area (Å²) in [6, 6.07) is 8.80. The molecule has 5 unspecified atom stereocenters. The van der Waals surface area contributed by atoms with Crippen LogP contribution in [-0.2, 0) is 4.79 Å². The Hall–Kier alpha value is -1.35. The summed E-state index contributed by atoms with van der Waals surface area (Å²) < 4.78 is 0. The van der Waals surface area contributed by atoms with Gasteiger partial charge in [-0.05, 0) is 36.3 Å². The lowest BCUT2D eigenvalue weighted by molar-refractivity contribution is -0.131. The maximum atomic E-state index is 12.9. The molecule has 1 N–H and O–H groups in total. The second-order valence-corrected chi connectivity index (χ2v) is 6.81. The van der Waals surface area contributed by atoms with Crippen LogP contribution < -0.4 is 5.32 Å². The Morgan fingerprint density at radius 3 is 2.62 bits per heavy atom. The molecule has 0 spiro atoms. The number of carbonyl (C=O) groups excluding carboxylic acids is 1. The van der Waals surface area contributed by atoms with Gasteiger partial charge in [-0.15, -0.1) is 0 Å². The molecule has 1 heterocycles. The number of amides is 1. The Kier molecular flexibility index (Phi) is 3.78. The Bertz CT molecular complexity index is 542. The van der Waals surface area contributed by atoms with E-state index in [0.717, 1.165) is 12.8 Å². The van der Waals surface area contributed by atoms with Crippen LogP contribution in [0.2, 0.25) is 0 Å². The lowest BCUT2D eigenvalue weighted by Gasteiger charge is -2.26. The molecule has 5 atom stereocenters. The lowest BCUT2D eigenvalue weighted by atomic mass is 9.99. The van der Waals surface area contributed by atoms with Crippen molar-refractivity contribution in [2.75, 3.05) is 0 Å². The minimum Gasteiger partial charge on any atom is -0.318 e. The molecule has 3 nitrogen and oxygen atoms in total. The summed E-state index contributed by atoms with van der Waals surface area (Å²) in [4.78, 5) is 15.0. The van der Waals surface area contributed by atoms with Gasteiger partial charge in [0.05, 0.1) is 6.04 Å². The van der Waals surface area contributed by atoms with Crippen molar-refractivity contribution in [1.82, 2.24) is 10.2 Å². The van der Waals surface area contributed by atoms with Crippen LogP contribution in [0.15, 0.2) is 24.3 Å². The van der Waals surface area contributed by atoms with Crippen molar-refractivity contribution in [1.29, 1.82) is 0 Å². The molecule has 0 radical (unpaired) electrons. The first kappa shape index (κ1) is 14.6. The van der Waals surface area contributed by atoms with Crippen molar-refractivity contribution < 1.29 is 4.79 Å². The van der Waals surface area contributed by atoms with Gasteiger partial charge < -0.3 is 4.90 Å². The molecule has 0 bridgehead atoms. The average Bonchev–Trinajstić information content (AvgIpc) is 3.09. The Morgan fingerprint density at radius 2 is 2.05 bits per heavy atom. The zero-order valence-corrected chi connectivity index (χ0v) is 13.5.